The number of nitrogens with zero attached hydrogens (tertiary/aromatic N) is 2. The lowest BCUT2D eigenvalue weighted by Crippen LogP contribution is -2.14. The van der Waals surface area contributed by atoms with Crippen molar-refractivity contribution in [2.24, 2.45) is 0 Å². The quantitative estimate of drug-likeness (QED) is 0.553. The minimum atomic E-state index is -0.616. The Morgan fingerprint density at radius 3 is 2.61 bits per heavy atom. The van der Waals surface area contributed by atoms with Gasteiger partial charge in [0.1, 0.15) is 5.82 Å². The van der Waals surface area contributed by atoms with E-state index >= 15 is 0 Å². The first kappa shape index (κ1) is 17.5. The zero-order valence-corrected chi connectivity index (χ0v) is 14.7. The molecule has 0 spiro atoms. The van der Waals surface area contributed by atoms with E-state index in [-0.39, 0.29) is 17.3 Å². The number of furan rings is 1. The number of aromatic nitrogens is 2. The lowest BCUT2D eigenvalue weighted by molar-refractivity contribution is 0.102. The summed E-state index contributed by atoms with van der Waals surface area (Å²) >= 11 is 0. The average molecular weight is 379 g/mol. The van der Waals surface area contributed by atoms with Gasteiger partial charge in [-0.15, -0.1) is 10.2 Å². The summed E-state index contributed by atoms with van der Waals surface area (Å²) in [6.45, 7) is 0. The largest absolute Gasteiger partial charge is 0.494 e. The van der Waals surface area contributed by atoms with Crippen molar-refractivity contribution >= 4 is 11.6 Å². The van der Waals surface area contributed by atoms with E-state index in [0.717, 1.165) is 0 Å². The van der Waals surface area contributed by atoms with Gasteiger partial charge in [0.2, 0.25) is 0 Å². The van der Waals surface area contributed by atoms with Crippen molar-refractivity contribution in [3.05, 3.63) is 72.2 Å². The monoisotopic (exact) mass is 379 g/mol. The van der Waals surface area contributed by atoms with Gasteiger partial charge in [0.25, 0.3) is 17.7 Å². The Morgan fingerprint density at radius 1 is 1.04 bits per heavy atom. The molecule has 2 heterocycles. The van der Waals surface area contributed by atoms with Crippen LogP contribution >= 0.6 is 0 Å². The average Bonchev–Trinajstić information content (AvgIpc) is 3.40. The van der Waals surface area contributed by atoms with Crippen LogP contribution < -0.4 is 10.1 Å². The van der Waals surface area contributed by atoms with Crippen molar-refractivity contribution in [3.8, 4) is 28.9 Å². The maximum absolute atomic E-state index is 13.9. The van der Waals surface area contributed by atoms with E-state index < -0.39 is 11.7 Å². The summed E-state index contributed by atoms with van der Waals surface area (Å²) in [5.74, 6) is -0.0814. The molecule has 0 saturated heterocycles. The summed E-state index contributed by atoms with van der Waals surface area (Å²) < 4.78 is 30.2. The molecule has 0 saturated carbocycles. The number of rotatable bonds is 5. The minimum absolute atomic E-state index is 0.0761. The summed E-state index contributed by atoms with van der Waals surface area (Å²) in [6, 6.07) is 14.1. The van der Waals surface area contributed by atoms with Crippen LogP contribution in [0.15, 0.2) is 69.7 Å². The number of para-hydroxylation sites is 1. The minimum Gasteiger partial charge on any atom is -0.494 e. The van der Waals surface area contributed by atoms with Gasteiger partial charge in [0.05, 0.1) is 30.2 Å². The van der Waals surface area contributed by atoms with Gasteiger partial charge in [-0.1, -0.05) is 18.2 Å². The van der Waals surface area contributed by atoms with E-state index in [4.69, 9.17) is 13.6 Å². The molecule has 1 N–H and O–H groups in total. The molecular formula is C20H14FN3O4. The third-order valence-corrected chi connectivity index (χ3v) is 3.97. The smallest absolute Gasteiger partial charge is 0.283 e. The highest BCUT2D eigenvalue weighted by Crippen LogP contribution is 2.37. The van der Waals surface area contributed by atoms with Crippen LogP contribution in [-0.2, 0) is 0 Å². The molecule has 0 fully saturated rings. The molecule has 2 aromatic carbocycles. The Balaban J connectivity index is 1.68. The summed E-state index contributed by atoms with van der Waals surface area (Å²) in [7, 11) is 1.45. The first-order chi connectivity index (χ1) is 13.7. The molecule has 0 unspecified atom stereocenters. The lowest BCUT2D eigenvalue weighted by Gasteiger charge is -2.13. The van der Waals surface area contributed by atoms with Crippen molar-refractivity contribution in [2.75, 3.05) is 12.4 Å². The van der Waals surface area contributed by atoms with E-state index in [1.54, 1.807) is 36.4 Å². The number of methoxy groups -OCH3 is 1. The van der Waals surface area contributed by atoms with E-state index in [2.05, 4.69) is 15.5 Å². The Bertz CT molecular complexity index is 1120. The molecule has 8 heteroatoms. The van der Waals surface area contributed by atoms with E-state index in [1.807, 2.05) is 0 Å². The number of anilines is 1. The van der Waals surface area contributed by atoms with Gasteiger partial charge in [-0.2, -0.15) is 0 Å². The third kappa shape index (κ3) is 3.23. The van der Waals surface area contributed by atoms with Crippen LogP contribution in [0.25, 0.3) is 23.1 Å². The molecule has 140 valence electrons. The molecule has 0 radical (unpaired) electrons. The van der Waals surface area contributed by atoms with Crippen LogP contribution in [0.1, 0.15) is 10.4 Å². The van der Waals surface area contributed by atoms with Crippen molar-refractivity contribution < 1.29 is 22.8 Å². The number of hydrogen-bond acceptors (Lipinski definition) is 6. The second-order valence-electron chi connectivity index (χ2n) is 5.71. The first-order valence-electron chi connectivity index (χ1n) is 8.28. The normalized spacial score (nSPS) is 10.6. The SMILES string of the molecule is COc1c(NC(=O)c2ccccc2F)cccc1-c1nnc(-c2ccco2)o1. The number of hydrogen-bond donors (Lipinski definition) is 1. The molecule has 0 bridgehead atoms. The van der Waals surface area contributed by atoms with Crippen LogP contribution in [0.3, 0.4) is 0 Å². The predicted octanol–water partition coefficient (Wildman–Crippen LogP) is 4.40. The Labute approximate surface area is 158 Å². The molecule has 1 amide bonds. The fourth-order valence-electron chi connectivity index (χ4n) is 2.69. The maximum Gasteiger partial charge on any atom is 0.283 e. The number of carbonyl (C=O) groups excluding carboxylic acids is 1. The molecule has 4 rings (SSSR count). The zero-order chi connectivity index (χ0) is 19.5. The Morgan fingerprint density at radius 2 is 1.86 bits per heavy atom. The molecule has 2 aromatic heterocycles. The number of ether oxygens (including phenoxy) is 1. The van der Waals surface area contributed by atoms with Gasteiger partial charge in [0, 0.05) is 0 Å². The summed E-state index contributed by atoms with van der Waals surface area (Å²) in [6.07, 6.45) is 1.50. The van der Waals surface area contributed by atoms with Gasteiger partial charge < -0.3 is 18.9 Å². The second kappa shape index (κ2) is 7.36. The molecule has 0 aliphatic carbocycles. The van der Waals surface area contributed by atoms with E-state index in [9.17, 15) is 9.18 Å². The lowest BCUT2D eigenvalue weighted by atomic mass is 10.1. The Hall–Kier alpha value is -3.94. The maximum atomic E-state index is 13.9. The van der Waals surface area contributed by atoms with E-state index in [0.29, 0.717) is 22.8 Å². The first-order valence-corrected chi connectivity index (χ1v) is 8.28. The van der Waals surface area contributed by atoms with Gasteiger partial charge in [-0.05, 0) is 36.4 Å². The van der Waals surface area contributed by atoms with Crippen LogP contribution in [0, 0.1) is 5.82 Å². The number of amides is 1. The fourth-order valence-corrected chi connectivity index (χ4v) is 2.69. The highest BCUT2D eigenvalue weighted by molar-refractivity contribution is 6.05. The molecule has 7 nitrogen and oxygen atoms in total. The highest BCUT2D eigenvalue weighted by atomic mass is 19.1. The molecule has 0 aliphatic heterocycles. The molecule has 0 aliphatic rings. The summed E-state index contributed by atoms with van der Waals surface area (Å²) in [5, 5.41) is 10.6. The van der Waals surface area contributed by atoms with E-state index in [1.165, 1.54) is 31.6 Å². The van der Waals surface area contributed by atoms with Crippen molar-refractivity contribution in [2.45, 2.75) is 0 Å². The van der Waals surface area contributed by atoms with Crippen molar-refractivity contribution in [3.63, 3.8) is 0 Å². The fraction of sp³-hybridized carbons (Fsp3) is 0.0500. The number of benzene rings is 2. The van der Waals surface area contributed by atoms with Gasteiger partial charge in [-0.3, -0.25) is 4.79 Å². The van der Waals surface area contributed by atoms with Gasteiger partial charge in [0.15, 0.2) is 11.5 Å². The summed E-state index contributed by atoms with van der Waals surface area (Å²) in [4.78, 5) is 12.4. The van der Waals surface area contributed by atoms with Crippen molar-refractivity contribution in [1.82, 2.24) is 10.2 Å². The van der Waals surface area contributed by atoms with Crippen LogP contribution in [0.2, 0.25) is 0 Å². The molecule has 4 aromatic rings. The van der Waals surface area contributed by atoms with Gasteiger partial charge >= 0.3 is 0 Å². The predicted molar refractivity (Wildman–Crippen MR) is 98.3 cm³/mol. The van der Waals surface area contributed by atoms with Crippen LogP contribution in [0.4, 0.5) is 10.1 Å². The number of carbonyl (C=O) groups is 1. The third-order valence-electron chi connectivity index (χ3n) is 3.97. The topological polar surface area (TPSA) is 90.4 Å². The van der Waals surface area contributed by atoms with Crippen molar-refractivity contribution in [1.29, 1.82) is 0 Å². The second-order valence-corrected chi connectivity index (χ2v) is 5.71. The standard InChI is InChI=1S/C20H14FN3O4/c1-26-17-13(19-23-24-20(28-19)16-10-5-11-27-16)7-4-9-15(17)22-18(25)12-6-2-3-8-14(12)21/h2-11H,1H3,(H,22,25). The van der Waals surface area contributed by atoms with Crippen LogP contribution in [0.5, 0.6) is 5.75 Å². The summed E-state index contributed by atoms with van der Waals surface area (Å²) in [5.41, 5.74) is 0.734. The highest BCUT2D eigenvalue weighted by Gasteiger charge is 2.20. The molecule has 28 heavy (non-hydrogen) atoms. The van der Waals surface area contributed by atoms with Crippen LogP contribution in [-0.4, -0.2) is 23.2 Å². The molecule has 0 atom stereocenters. The van der Waals surface area contributed by atoms with Gasteiger partial charge in [-0.25, -0.2) is 4.39 Å². The number of nitrogens with one attached hydrogen (secondary N) is 1. The Kier molecular flexibility index (Phi) is 4.59. The zero-order valence-electron chi connectivity index (χ0n) is 14.7. The number of halogens is 1. The molecular weight excluding hydrogens is 365 g/mol.